The van der Waals surface area contributed by atoms with E-state index in [9.17, 15) is 14.4 Å². The Balaban J connectivity index is 1.59. The standard InChI is InChI=1S/C23H15NO4/c25-21-19-13-10-17(23(27)28)14-20(19)22(26)24(21)18-11-8-16(9-12-18)7-6-15-4-2-1-3-5-15/h1-14H,(H,27,28). The molecule has 0 radical (unpaired) electrons. The predicted octanol–water partition coefficient (Wildman–Crippen LogP) is 4.36. The van der Waals surface area contributed by atoms with Crippen LogP contribution < -0.4 is 4.90 Å². The molecule has 0 atom stereocenters. The fourth-order valence-corrected chi connectivity index (χ4v) is 3.10. The molecule has 3 aromatic rings. The first-order chi connectivity index (χ1) is 13.5. The number of amides is 2. The molecule has 2 amide bonds. The van der Waals surface area contributed by atoms with Gasteiger partial charge in [0.25, 0.3) is 11.8 Å². The lowest BCUT2D eigenvalue weighted by Crippen LogP contribution is -2.29. The Morgan fingerprint density at radius 3 is 2.00 bits per heavy atom. The van der Waals surface area contributed by atoms with Crippen LogP contribution in [0.25, 0.3) is 12.2 Å². The minimum Gasteiger partial charge on any atom is -0.478 e. The van der Waals surface area contributed by atoms with Gasteiger partial charge in [0.05, 0.1) is 22.4 Å². The van der Waals surface area contributed by atoms with Crippen molar-refractivity contribution in [1.82, 2.24) is 0 Å². The second-order valence-corrected chi connectivity index (χ2v) is 6.35. The number of anilines is 1. The van der Waals surface area contributed by atoms with Gasteiger partial charge in [-0.2, -0.15) is 0 Å². The van der Waals surface area contributed by atoms with Crippen LogP contribution in [0.15, 0.2) is 72.8 Å². The van der Waals surface area contributed by atoms with Crippen molar-refractivity contribution in [1.29, 1.82) is 0 Å². The Hall–Kier alpha value is -3.99. The highest BCUT2D eigenvalue weighted by molar-refractivity contribution is 6.34. The molecule has 0 saturated carbocycles. The largest absolute Gasteiger partial charge is 0.478 e. The SMILES string of the molecule is O=C(O)c1ccc2c(c1)C(=O)N(c1ccc(C=Cc3ccccc3)cc1)C2=O. The summed E-state index contributed by atoms with van der Waals surface area (Å²) in [6, 6.07) is 20.9. The zero-order chi connectivity index (χ0) is 19.7. The van der Waals surface area contributed by atoms with E-state index < -0.39 is 17.8 Å². The van der Waals surface area contributed by atoms with Gasteiger partial charge >= 0.3 is 5.97 Å². The summed E-state index contributed by atoms with van der Waals surface area (Å²) >= 11 is 0. The average Bonchev–Trinajstić information content (AvgIpc) is 2.97. The molecule has 5 nitrogen and oxygen atoms in total. The van der Waals surface area contributed by atoms with Crippen molar-refractivity contribution < 1.29 is 19.5 Å². The van der Waals surface area contributed by atoms with Crippen LogP contribution in [-0.4, -0.2) is 22.9 Å². The van der Waals surface area contributed by atoms with Gasteiger partial charge in [-0.05, 0) is 41.5 Å². The van der Waals surface area contributed by atoms with Crippen LogP contribution in [0, 0.1) is 0 Å². The van der Waals surface area contributed by atoms with Crippen LogP contribution in [0.1, 0.15) is 42.2 Å². The number of aromatic carboxylic acids is 1. The highest BCUT2D eigenvalue weighted by Gasteiger charge is 2.37. The van der Waals surface area contributed by atoms with Crippen LogP contribution in [-0.2, 0) is 0 Å². The molecule has 0 saturated heterocycles. The molecule has 1 heterocycles. The third-order valence-corrected chi connectivity index (χ3v) is 4.55. The van der Waals surface area contributed by atoms with E-state index in [0.29, 0.717) is 5.69 Å². The Kier molecular flexibility index (Phi) is 4.33. The van der Waals surface area contributed by atoms with Gasteiger partial charge in [0.2, 0.25) is 0 Å². The first-order valence-electron chi connectivity index (χ1n) is 8.64. The number of carbonyl (C=O) groups excluding carboxylic acids is 2. The molecule has 0 aromatic heterocycles. The molecule has 1 aliphatic rings. The van der Waals surface area contributed by atoms with Crippen molar-refractivity contribution in [2.24, 2.45) is 0 Å². The van der Waals surface area contributed by atoms with E-state index >= 15 is 0 Å². The van der Waals surface area contributed by atoms with Crippen LogP contribution in [0.4, 0.5) is 5.69 Å². The summed E-state index contributed by atoms with van der Waals surface area (Å²) in [6.07, 6.45) is 3.92. The van der Waals surface area contributed by atoms with Crippen molar-refractivity contribution in [2.75, 3.05) is 4.90 Å². The molecule has 1 N–H and O–H groups in total. The highest BCUT2D eigenvalue weighted by Crippen LogP contribution is 2.29. The zero-order valence-corrected chi connectivity index (χ0v) is 14.7. The van der Waals surface area contributed by atoms with Crippen molar-refractivity contribution in [3.8, 4) is 0 Å². The maximum atomic E-state index is 12.7. The maximum absolute atomic E-state index is 12.7. The van der Waals surface area contributed by atoms with E-state index in [2.05, 4.69) is 0 Å². The summed E-state index contributed by atoms with van der Waals surface area (Å²) in [7, 11) is 0. The lowest BCUT2D eigenvalue weighted by molar-refractivity contribution is 0.0696. The summed E-state index contributed by atoms with van der Waals surface area (Å²) in [6.45, 7) is 0. The second kappa shape index (κ2) is 6.96. The fourth-order valence-electron chi connectivity index (χ4n) is 3.10. The zero-order valence-electron chi connectivity index (χ0n) is 14.7. The molecule has 0 bridgehead atoms. The van der Waals surface area contributed by atoms with Crippen molar-refractivity contribution in [3.63, 3.8) is 0 Å². The number of carboxylic acid groups (broad SMARTS) is 1. The van der Waals surface area contributed by atoms with Crippen molar-refractivity contribution in [3.05, 3.63) is 101 Å². The van der Waals surface area contributed by atoms with Crippen LogP contribution >= 0.6 is 0 Å². The molecule has 1 aliphatic heterocycles. The van der Waals surface area contributed by atoms with E-state index in [1.54, 1.807) is 12.1 Å². The van der Waals surface area contributed by atoms with E-state index in [1.165, 1.54) is 18.2 Å². The van der Waals surface area contributed by atoms with Gasteiger partial charge in [-0.3, -0.25) is 9.59 Å². The first kappa shape index (κ1) is 17.4. The van der Waals surface area contributed by atoms with E-state index in [1.807, 2.05) is 54.6 Å². The third-order valence-electron chi connectivity index (χ3n) is 4.55. The fraction of sp³-hybridized carbons (Fsp3) is 0. The second-order valence-electron chi connectivity index (χ2n) is 6.35. The molecular weight excluding hydrogens is 354 g/mol. The van der Waals surface area contributed by atoms with Gasteiger partial charge in [0.15, 0.2) is 0 Å². The quantitative estimate of drug-likeness (QED) is 0.548. The molecule has 28 heavy (non-hydrogen) atoms. The van der Waals surface area contributed by atoms with Crippen molar-refractivity contribution in [2.45, 2.75) is 0 Å². The molecule has 3 aromatic carbocycles. The van der Waals surface area contributed by atoms with Crippen molar-refractivity contribution >= 4 is 35.6 Å². The van der Waals surface area contributed by atoms with Crippen LogP contribution in [0.2, 0.25) is 0 Å². The van der Waals surface area contributed by atoms with Crippen LogP contribution in [0.3, 0.4) is 0 Å². The molecule has 0 fully saturated rings. The molecule has 4 rings (SSSR count). The average molecular weight is 369 g/mol. The molecule has 5 heteroatoms. The molecule has 0 spiro atoms. The number of benzene rings is 3. The van der Waals surface area contributed by atoms with Crippen LogP contribution in [0.5, 0.6) is 0 Å². The number of hydrogen-bond donors (Lipinski definition) is 1. The minimum absolute atomic E-state index is 0.0249. The lowest BCUT2D eigenvalue weighted by Gasteiger charge is -2.13. The normalized spacial score (nSPS) is 13.2. The predicted molar refractivity (Wildman–Crippen MR) is 106 cm³/mol. The summed E-state index contributed by atoms with van der Waals surface area (Å²) < 4.78 is 0. The first-order valence-corrected chi connectivity index (χ1v) is 8.64. The summed E-state index contributed by atoms with van der Waals surface area (Å²) in [5, 5.41) is 9.10. The highest BCUT2D eigenvalue weighted by atomic mass is 16.4. The number of hydrogen-bond acceptors (Lipinski definition) is 3. The minimum atomic E-state index is -1.14. The Labute approximate surface area is 161 Å². The monoisotopic (exact) mass is 369 g/mol. The number of carbonyl (C=O) groups is 3. The number of nitrogens with zero attached hydrogens (tertiary/aromatic N) is 1. The number of carboxylic acids is 1. The summed E-state index contributed by atoms with van der Waals surface area (Å²) in [4.78, 5) is 37.5. The lowest BCUT2D eigenvalue weighted by atomic mass is 10.1. The van der Waals surface area contributed by atoms with E-state index in [0.717, 1.165) is 16.0 Å². The third kappa shape index (κ3) is 3.10. The Morgan fingerprint density at radius 2 is 1.36 bits per heavy atom. The number of imide groups is 1. The summed E-state index contributed by atoms with van der Waals surface area (Å²) in [5.74, 6) is -2.11. The van der Waals surface area contributed by atoms with Gasteiger partial charge in [-0.15, -0.1) is 0 Å². The molecule has 136 valence electrons. The molecule has 0 unspecified atom stereocenters. The number of fused-ring (bicyclic) bond motifs is 1. The van der Waals surface area contributed by atoms with Gasteiger partial charge in [-0.25, -0.2) is 9.69 Å². The summed E-state index contributed by atoms with van der Waals surface area (Å²) in [5.41, 5.74) is 2.74. The molecular formula is C23H15NO4. The van der Waals surface area contributed by atoms with E-state index in [4.69, 9.17) is 5.11 Å². The van der Waals surface area contributed by atoms with Gasteiger partial charge in [0, 0.05) is 0 Å². The smallest absolute Gasteiger partial charge is 0.335 e. The number of rotatable bonds is 4. The van der Waals surface area contributed by atoms with Gasteiger partial charge in [0.1, 0.15) is 0 Å². The topological polar surface area (TPSA) is 74.7 Å². The Morgan fingerprint density at radius 1 is 0.750 bits per heavy atom. The maximum Gasteiger partial charge on any atom is 0.335 e. The van der Waals surface area contributed by atoms with Gasteiger partial charge < -0.3 is 5.11 Å². The van der Waals surface area contributed by atoms with Gasteiger partial charge in [-0.1, -0.05) is 54.6 Å². The molecule has 0 aliphatic carbocycles. The Bertz CT molecular complexity index is 1120. The van der Waals surface area contributed by atoms with E-state index in [-0.39, 0.29) is 16.7 Å².